The molecule has 0 saturated carbocycles. The number of ether oxygens (including phenoxy) is 1. The van der Waals surface area contributed by atoms with Crippen molar-refractivity contribution in [2.75, 3.05) is 10.5 Å². The van der Waals surface area contributed by atoms with Gasteiger partial charge in [-0.1, -0.05) is 18.5 Å². The summed E-state index contributed by atoms with van der Waals surface area (Å²) in [5.74, 6) is -3.62. The first-order valence-corrected chi connectivity index (χ1v) is 10.9. The molecule has 0 amide bonds. The third-order valence-corrected chi connectivity index (χ3v) is 6.22. The molecule has 0 spiro atoms. The summed E-state index contributed by atoms with van der Waals surface area (Å²) < 4.78 is 61.6. The molecular weight excluding hydrogens is 440 g/mol. The molecule has 0 aliphatic rings. The van der Waals surface area contributed by atoms with Crippen molar-refractivity contribution in [3.8, 4) is 11.5 Å². The Morgan fingerprint density at radius 3 is 2.67 bits per heavy atom. The van der Waals surface area contributed by atoms with Crippen LogP contribution in [0.15, 0.2) is 29.3 Å². The first kappa shape index (κ1) is 22.0. The molecule has 0 fully saturated rings. The number of hydrogen-bond donors (Lipinski definition) is 1. The molecule has 7 nitrogen and oxygen atoms in total. The van der Waals surface area contributed by atoms with E-state index in [1.54, 1.807) is 13.8 Å². The highest BCUT2D eigenvalue weighted by atomic mass is 35.5. The van der Waals surface area contributed by atoms with E-state index in [0.29, 0.717) is 23.6 Å². The fourth-order valence-electron chi connectivity index (χ4n) is 2.89. The molecule has 1 heterocycles. The van der Waals surface area contributed by atoms with Gasteiger partial charge < -0.3 is 9.30 Å². The number of aromatic nitrogens is 2. The van der Waals surface area contributed by atoms with Crippen LogP contribution < -0.4 is 15.0 Å². The molecule has 2 aromatic carbocycles. The van der Waals surface area contributed by atoms with Crippen LogP contribution in [0.5, 0.6) is 11.5 Å². The molecule has 30 heavy (non-hydrogen) atoms. The Kier molecular flexibility index (Phi) is 6.00. The van der Waals surface area contributed by atoms with E-state index in [1.165, 1.54) is 30.1 Å². The highest BCUT2D eigenvalue weighted by Gasteiger charge is 2.23. The Hall–Kier alpha value is -2.72. The summed E-state index contributed by atoms with van der Waals surface area (Å²) in [6.07, 6.45) is 1.68. The third kappa shape index (κ3) is 4.10. The van der Waals surface area contributed by atoms with Gasteiger partial charge in [-0.05, 0) is 25.5 Å². The van der Waals surface area contributed by atoms with Gasteiger partial charge in [0, 0.05) is 18.7 Å². The average Bonchev–Trinajstić information content (AvgIpc) is 2.67. The normalized spacial score (nSPS) is 11.7. The lowest BCUT2D eigenvalue weighted by Gasteiger charge is -2.16. The second kappa shape index (κ2) is 8.19. The van der Waals surface area contributed by atoms with Gasteiger partial charge >= 0.3 is 0 Å². The lowest BCUT2D eigenvalue weighted by Crippen LogP contribution is -2.18. The predicted octanol–water partition coefficient (Wildman–Crippen LogP) is 4.12. The van der Waals surface area contributed by atoms with Crippen LogP contribution in [0.3, 0.4) is 0 Å². The molecule has 1 aromatic heterocycles. The van der Waals surface area contributed by atoms with Gasteiger partial charge in [0.2, 0.25) is 15.8 Å². The Morgan fingerprint density at radius 1 is 1.30 bits per heavy atom. The number of halogens is 3. The van der Waals surface area contributed by atoms with Crippen LogP contribution >= 0.6 is 11.6 Å². The summed E-state index contributed by atoms with van der Waals surface area (Å²) in [5.41, 5.74) is 0.0487. The number of hydrogen-bond acceptors (Lipinski definition) is 5. The Labute approximate surface area is 176 Å². The number of nitrogens with zero attached hydrogens (tertiary/aromatic N) is 2. The maximum Gasteiger partial charge on any atom is 0.261 e. The first-order valence-electron chi connectivity index (χ1n) is 8.86. The zero-order valence-electron chi connectivity index (χ0n) is 16.3. The van der Waals surface area contributed by atoms with Gasteiger partial charge in [-0.15, -0.1) is 0 Å². The van der Waals surface area contributed by atoms with E-state index < -0.39 is 32.4 Å². The van der Waals surface area contributed by atoms with Crippen molar-refractivity contribution in [1.29, 1.82) is 0 Å². The van der Waals surface area contributed by atoms with Crippen LogP contribution in [-0.2, 0) is 17.1 Å². The predicted molar refractivity (Wildman–Crippen MR) is 111 cm³/mol. The summed E-state index contributed by atoms with van der Waals surface area (Å²) in [4.78, 5) is 16.6. The van der Waals surface area contributed by atoms with Crippen molar-refractivity contribution in [3.05, 3.63) is 57.1 Å². The van der Waals surface area contributed by atoms with E-state index >= 15 is 0 Å². The number of nitrogens with one attached hydrogen (secondary N) is 1. The fraction of sp³-hybridized carbons (Fsp3) is 0.263. The third-order valence-electron chi connectivity index (χ3n) is 4.36. The molecule has 0 atom stereocenters. The largest absolute Gasteiger partial charge is 0.452 e. The second-order valence-corrected chi connectivity index (χ2v) is 8.85. The molecule has 0 saturated heterocycles. The molecule has 3 rings (SSSR count). The molecule has 160 valence electrons. The van der Waals surface area contributed by atoms with Crippen LogP contribution in [0.25, 0.3) is 10.9 Å². The number of aryl methyl sites for hydroxylation is 2. The minimum Gasteiger partial charge on any atom is -0.452 e. The van der Waals surface area contributed by atoms with Crippen molar-refractivity contribution in [2.24, 2.45) is 7.05 Å². The fourth-order valence-corrected chi connectivity index (χ4v) is 4.30. The number of rotatable bonds is 6. The van der Waals surface area contributed by atoms with Crippen molar-refractivity contribution in [3.63, 3.8) is 0 Å². The van der Waals surface area contributed by atoms with Crippen LogP contribution in [0.1, 0.15) is 18.9 Å². The summed E-state index contributed by atoms with van der Waals surface area (Å²) in [6, 6.07) is 3.57. The van der Waals surface area contributed by atoms with E-state index in [9.17, 15) is 22.0 Å². The lowest BCUT2D eigenvalue weighted by molar-refractivity contribution is 0.415. The molecular formula is C19H18ClF2N3O4S. The van der Waals surface area contributed by atoms with Gasteiger partial charge in [-0.3, -0.25) is 9.52 Å². The van der Waals surface area contributed by atoms with E-state index in [-0.39, 0.29) is 28.1 Å². The lowest BCUT2D eigenvalue weighted by atomic mass is 10.1. The maximum atomic E-state index is 14.5. The van der Waals surface area contributed by atoms with Gasteiger partial charge in [0.25, 0.3) is 5.56 Å². The standard InChI is InChI=1S/C19H18ClF2N3O4S/c1-4-7-30(27,28)24-13-8-11(21)17(22)18(16(13)20)29-14-6-5-12-15(10(14)2)19(26)25(3)9-23-12/h5-6,8-9,24H,4,7H2,1-3H3. The summed E-state index contributed by atoms with van der Waals surface area (Å²) in [6.45, 7) is 3.22. The van der Waals surface area contributed by atoms with Crippen molar-refractivity contribution in [2.45, 2.75) is 20.3 Å². The average molecular weight is 458 g/mol. The van der Waals surface area contributed by atoms with Crippen molar-refractivity contribution in [1.82, 2.24) is 9.55 Å². The van der Waals surface area contributed by atoms with Gasteiger partial charge in [0.15, 0.2) is 11.6 Å². The minimum absolute atomic E-state index is 0.0429. The first-order chi connectivity index (χ1) is 14.1. The van der Waals surface area contributed by atoms with E-state index in [0.717, 1.165) is 0 Å². The van der Waals surface area contributed by atoms with E-state index in [2.05, 4.69) is 9.71 Å². The molecule has 3 aromatic rings. The monoisotopic (exact) mass is 457 g/mol. The minimum atomic E-state index is -3.81. The van der Waals surface area contributed by atoms with Crippen LogP contribution in [-0.4, -0.2) is 23.7 Å². The summed E-state index contributed by atoms with van der Waals surface area (Å²) >= 11 is 6.13. The topological polar surface area (TPSA) is 90.3 Å². The molecule has 0 unspecified atom stereocenters. The summed E-state index contributed by atoms with van der Waals surface area (Å²) in [7, 11) is -2.28. The molecule has 0 radical (unpaired) electrons. The molecule has 11 heteroatoms. The number of fused-ring (bicyclic) bond motifs is 1. The van der Waals surface area contributed by atoms with Crippen molar-refractivity contribution >= 4 is 38.2 Å². The second-order valence-electron chi connectivity index (χ2n) is 6.63. The van der Waals surface area contributed by atoms with Crippen LogP contribution in [0.4, 0.5) is 14.5 Å². The highest BCUT2D eigenvalue weighted by Crippen LogP contribution is 2.40. The Bertz CT molecular complexity index is 1310. The van der Waals surface area contributed by atoms with Gasteiger partial charge in [0.1, 0.15) is 10.8 Å². The van der Waals surface area contributed by atoms with E-state index in [1.807, 2.05) is 0 Å². The van der Waals surface area contributed by atoms with Gasteiger partial charge in [-0.2, -0.15) is 4.39 Å². The summed E-state index contributed by atoms with van der Waals surface area (Å²) in [5, 5.41) is -0.207. The Morgan fingerprint density at radius 2 is 2.00 bits per heavy atom. The zero-order chi connectivity index (χ0) is 22.2. The molecule has 0 aliphatic heterocycles. The zero-order valence-corrected chi connectivity index (χ0v) is 17.9. The quantitative estimate of drug-likeness (QED) is 0.562. The molecule has 1 N–H and O–H groups in total. The highest BCUT2D eigenvalue weighted by molar-refractivity contribution is 7.92. The van der Waals surface area contributed by atoms with Gasteiger partial charge in [-0.25, -0.2) is 17.8 Å². The Balaban J connectivity index is 2.12. The smallest absolute Gasteiger partial charge is 0.261 e. The number of benzene rings is 2. The molecule has 0 aliphatic carbocycles. The SMILES string of the molecule is CCCS(=O)(=O)Nc1cc(F)c(F)c(Oc2ccc3ncn(C)c(=O)c3c2C)c1Cl. The van der Waals surface area contributed by atoms with Gasteiger partial charge in [0.05, 0.1) is 28.7 Å². The van der Waals surface area contributed by atoms with Crippen LogP contribution in [0.2, 0.25) is 5.02 Å². The van der Waals surface area contributed by atoms with Crippen molar-refractivity contribution < 1.29 is 21.9 Å². The molecule has 0 bridgehead atoms. The number of anilines is 1. The maximum absolute atomic E-state index is 14.5. The number of sulfonamides is 1. The van der Waals surface area contributed by atoms with E-state index in [4.69, 9.17) is 16.3 Å². The van der Waals surface area contributed by atoms with Crippen LogP contribution in [0, 0.1) is 18.6 Å².